The predicted octanol–water partition coefficient (Wildman–Crippen LogP) is 2.16. The summed E-state index contributed by atoms with van der Waals surface area (Å²) >= 11 is 0. The van der Waals surface area contributed by atoms with Gasteiger partial charge in [0.2, 0.25) is 0 Å². The zero-order valence-corrected chi connectivity index (χ0v) is 13.1. The van der Waals surface area contributed by atoms with E-state index in [0.717, 1.165) is 12.1 Å². The molecule has 0 amide bonds. The Morgan fingerprint density at radius 3 is 1.90 bits per heavy atom. The third-order valence-corrected chi connectivity index (χ3v) is 3.70. The van der Waals surface area contributed by atoms with E-state index in [9.17, 15) is 17.4 Å². The second kappa shape index (κ2) is 8.18. The number of para-hydroxylation sites is 1. The molecule has 1 aromatic carbocycles. The zero-order valence-electron chi connectivity index (χ0n) is 12.3. The van der Waals surface area contributed by atoms with Crippen molar-refractivity contribution in [1.29, 1.82) is 0 Å². The first-order valence-corrected chi connectivity index (χ1v) is 7.74. The highest BCUT2D eigenvalue weighted by atomic mass is 32.3. The van der Waals surface area contributed by atoms with Crippen molar-refractivity contribution in [2.24, 2.45) is 0 Å². The van der Waals surface area contributed by atoms with E-state index in [4.69, 9.17) is 0 Å². The van der Waals surface area contributed by atoms with Crippen LogP contribution >= 0.6 is 0 Å². The fraction of sp³-hybridized carbons (Fsp3) is 0.538. The van der Waals surface area contributed by atoms with Gasteiger partial charge in [0.05, 0.1) is 26.7 Å². The Bertz CT molecular complexity index is 493. The molecule has 0 N–H and O–H groups in total. The maximum absolute atomic E-state index is 12.6. The molecule has 5 nitrogen and oxygen atoms in total. The van der Waals surface area contributed by atoms with Gasteiger partial charge in [0.25, 0.3) is 10.4 Å². The molecule has 0 aliphatic heterocycles. The van der Waals surface area contributed by atoms with Crippen LogP contribution in [0.3, 0.4) is 0 Å². The Balaban J connectivity index is 0.000000396. The van der Waals surface area contributed by atoms with Gasteiger partial charge in [-0.15, -0.1) is 0 Å². The maximum Gasteiger partial charge on any atom is 0.262 e. The van der Waals surface area contributed by atoms with Gasteiger partial charge in [0.15, 0.2) is 11.6 Å². The lowest BCUT2D eigenvalue weighted by molar-refractivity contribution is -0.904. The summed E-state index contributed by atoms with van der Waals surface area (Å²) in [5.41, 5.74) is 0. The van der Waals surface area contributed by atoms with Crippen LogP contribution in [-0.4, -0.2) is 44.1 Å². The van der Waals surface area contributed by atoms with Crippen molar-refractivity contribution >= 4 is 10.4 Å². The summed E-state index contributed by atoms with van der Waals surface area (Å²) in [5.74, 6) is -1.48. The summed E-state index contributed by atoms with van der Waals surface area (Å²) in [4.78, 5) is 0. The van der Waals surface area contributed by atoms with Gasteiger partial charge < -0.3 is 13.2 Å². The monoisotopic (exact) mass is 307 g/mol. The van der Waals surface area contributed by atoms with Crippen LogP contribution in [0.4, 0.5) is 4.39 Å². The normalized spacial score (nSPS) is 11.5. The Morgan fingerprint density at radius 1 is 1.15 bits per heavy atom. The number of hydrogen-bond acceptors (Lipinski definition) is 4. The van der Waals surface area contributed by atoms with E-state index >= 15 is 0 Å². The minimum Gasteiger partial charge on any atom is -0.716 e. The fourth-order valence-electron chi connectivity index (χ4n) is 1.29. The van der Waals surface area contributed by atoms with Crippen molar-refractivity contribution in [1.82, 2.24) is 0 Å². The van der Waals surface area contributed by atoms with Crippen molar-refractivity contribution in [2.45, 2.75) is 20.8 Å². The second-order valence-corrected chi connectivity index (χ2v) is 5.47. The molecule has 0 aromatic heterocycles. The molecule has 0 spiro atoms. The van der Waals surface area contributed by atoms with E-state index in [1.807, 2.05) is 0 Å². The molecule has 7 heteroatoms. The maximum atomic E-state index is 12.6. The van der Waals surface area contributed by atoms with Crippen molar-refractivity contribution in [3.63, 3.8) is 0 Å². The molecule has 0 saturated heterocycles. The molecule has 1 rings (SSSR count). The van der Waals surface area contributed by atoms with E-state index < -0.39 is 22.0 Å². The molecule has 0 radical (unpaired) electrons. The molecule has 0 atom stereocenters. The molecule has 0 saturated carbocycles. The molecule has 116 valence electrons. The number of benzene rings is 1. The minimum absolute atomic E-state index is 0.590. The predicted molar refractivity (Wildman–Crippen MR) is 74.5 cm³/mol. The van der Waals surface area contributed by atoms with Crippen molar-refractivity contribution in [2.75, 3.05) is 26.7 Å². The number of hydrogen-bond donors (Lipinski definition) is 0. The van der Waals surface area contributed by atoms with E-state index in [1.54, 1.807) is 0 Å². The van der Waals surface area contributed by atoms with Gasteiger partial charge >= 0.3 is 0 Å². The van der Waals surface area contributed by atoms with Gasteiger partial charge in [0.1, 0.15) is 0 Å². The van der Waals surface area contributed by atoms with Gasteiger partial charge in [0, 0.05) is 0 Å². The second-order valence-electron chi connectivity index (χ2n) is 4.49. The van der Waals surface area contributed by atoms with Gasteiger partial charge in [-0.25, -0.2) is 12.8 Å². The molecule has 1 aromatic rings. The largest absolute Gasteiger partial charge is 0.716 e. The third-order valence-electron chi connectivity index (χ3n) is 3.32. The lowest BCUT2D eigenvalue weighted by Crippen LogP contribution is -2.42. The smallest absolute Gasteiger partial charge is 0.262 e. The molecular weight excluding hydrogens is 285 g/mol. The van der Waals surface area contributed by atoms with Crippen LogP contribution in [0.2, 0.25) is 0 Å². The molecule has 0 unspecified atom stereocenters. The van der Waals surface area contributed by atoms with Gasteiger partial charge in [-0.05, 0) is 32.9 Å². The first-order valence-electron chi connectivity index (χ1n) is 6.40. The average molecular weight is 307 g/mol. The van der Waals surface area contributed by atoms with Crippen LogP contribution in [0.25, 0.3) is 0 Å². The highest BCUT2D eigenvalue weighted by molar-refractivity contribution is 7.81. The number of quaternary nitrogens is 1. The van der Waals surface area contributed by atoms with Crippen LogP contribution in [0, 0.1) is 5.82 Å². The van der Waals surface area contributed by atoms with Crippen LogP contribution in [0.5, 0.6) is 5.75 Å². The Hall–Kier alpha value is -1.18. The van der Waals surface area contributed by atoms with Crippen molar-refractivity contribution in [3.05, 3.63) is 30.1 Å². The van der Waals surface area contributed by atoms with Crippen LogP contribution in [-0.2, 0) is 10.4 Å². The Morgan fingerprint density at radius 2 is 1.60 bits per heavy atom. The van der Waals surface area contributed by atoms with E-state index in [-0.39, 0.29) is 0 Å². The van der Waals surface area contributed by atoms with Gasteiger partial charge in [-0.3, -0.25) is 0 Å². The highest BCUT2D eigenvalue weighted by Gasteiger charge is 2.10. The minimum atomic E-state index is -4.89. The van der Waals surface area contributed by atoms with Crippen molar-refractivity contribution in [3.8, 4) is 5.75 Å². The first-order chi connectivity index (χ1) is 9.17. The molecule has 0 aliphatic carbocycles. The number of halogens is 1. The summed E-state index contributed by atoms with van der Waals surface area (Å²) in [5, 5.41) is 0. The zero-order chi connectivity index (χ0) is 15.8. The lowest BCUT2D eigenvalue weighted by atomic mass is 10.3. The van der Waals surface area contributed by atoms with Gasteiger partial charge in [-0.2, -0.15) is 0 Å². The first kappa shape index (κ1) is 18.8. The highest BCUT2D eigenvalue weighted by Crippen LogP contribution is 2.16. The molecule has 20 heavy (non-hydrogen) atoms. The molecule has 0 bridgehead atoms. The number of nitrogens with zero attached hydrogens (tertiary/aromatic N) is 1. The topological polar surface area (TPSA) is 66.4 Å². The van der Waals surface area contributed by atoms with E-state index in [0.29, 0.717) is 0 Å². The number of rotatable bonds is 5. The SMILES string of the molecule is CC[N+](C)(CC)CC.O=S(=O)([O-])Oc1ccccc1F. The van der Waals surface area contributed by atoms with Crippen molar-refractivity contribution < 1.29 is 26.0 Å². The van der Waals surface area contributed by atoms with E-state index in [2.05, 4.69) is 32.0 Å². The summed E-state index contributed by atoms with van der Waals surface area (Å²) < 4.78 is 47.6. The third kappa shape index (κ3) is 7.42. The van der Waals surface area contributed by atoms with Crippen LogP contribution in [0.1, 0.15) is 20.8 Å². The summed E-state index contributed by atoms with van der Waals surface area (Å²) in [7, 11) is -2.60. The molecule has 0 heterocycles. The van der Waals surface area contributed by atoms with E-state index in [1.165, 1.54) is 36.3 Å². The summed E-state index contributed by atoms with van der Waals surface area (Å²) in [6, 6.07) is 4.73. The quantitative estimate of drug-likeness (QED) is 0.475. The van der Waals surface area contributed by atoms with Crippen LogP contribution < -0.4 is 4.18 Å². The molecule has 0 aliphatic rings. The Kier molecular flexibility index (Phi) is 7.70. The summed E-state index contributed by atoms with van der Waals surface area (Å²) in [6.45, 7) is 10.5. The molecular formula is C13H22FNO4S. The van der Waals surface area contributed by atoms with Crippen LogP contribution in [0.15, 0.2) is 24.3 Å². The Labute approximate surface area is 120 Å². The van der Waals surface area contributed by atoms with Gasteiger partial charge in [-0.1, -0.05) is 12.1 Å². The summed E-state index contributed by atoms with van der Waals surface area (Å²) in [6.07, 6.45) is 0. The molecule has 0 fully saturated rings. The lowest BCUT2D eigenvalue weighted by Gasteiger charge is -2.30. The average Bonchev–Trinajstić information content (AvgIpc) is 2.40. The standard InChI is InChI=1S/C7H18N.C6H5FO4S/c1-5-8(4,6-2)7-3;7-5-3-1-2-4-6(5)11-12(8,9)10/h5-7H2,1-4H3;1-4H,(H,8,9,10)/q+1;/p-1. The fourth-order valence-corrected chi connectivity index (χ4v) is 1.65.